The smallest absolute Gasteiger partial charge is 0.327 e. The van der Waals surface area contributed by atoms with Gasteiger partial charge in [-0.05, 0) is 20.3 Å². The number of hydrogen-bond acceptors (Lipinski definition) is 4. The Bertz CT molecular complexity index is 478. The molecule has 0 fully saturated rings. The van der Waals surface area contributed by atoms with Crippen molar-refractivity contribution in [2.45, 2.75) is 27.2 Å². The number of carbonyl (C=O) groups excluding carboxylic acids is 3. The zero-order valence-electron chi connectivity index (χ0n) is 11.4. The van der Waals surface area contributed by atoms with Crippen molar-refractivity contribution >= 4 is 17.5 Å². The Morgan fingerprint density at radius 3 is 2.11 bits per heavy atom. The number of carbonyl (C=O) groups is 3. The van der Waals surface area contributed by atoms with E-state index in [2.05, 4.69) is 0 Å². The van der Waals surface area contributed by atoms with E-state index in [1.807, 2.05) is 0 Å². The molecule has 1 rings (SSSR count). The molecule has 0 aliphatic rings. The molecule has 0 aliphatic carbocycles. The second-order valence-electron chi connectivity index (χ2n) is 4.23. The van der Waals surface area contributed by atoms with Crippen LogP contribution < -0.4 is 0 Å². The standard InChI is InChI=1S/C15H18O4/c1-4-15(11(3)16,14(18)19-5-2)13(17)12-9-7-6-8-10-12/h6-10H,4-5H2,1-3H3. The maximum absolute atomic E-state index is 12.5. The molecule has 0 spiro atoms. The lowest BCUT2D eigenvalue weighted by Gasteiger charge is -2.26. The Labute approximate surface area is 112 Å². The second-order valence-corrected chi connectivity index (χ2v) is 4.23. The number of benzene rings is 1. The summed E-state index contributed by atoms with van der Waals surface area (Å²) >= 11 is 0. The average molecular weight is 262 g/mol. The minimum absolute atomic E-state index is 0.0922. The van der Waals surface area contributed by atoms with Gasteiger partial charge in [0, 0.05) is 5.56 Å². The minimum atomic E-state index is -1.72. The molecule has 0 radical (unpaired) electrons. The van der Waals surface area contributed by atoms with Gasteiger partial charge in [0.05, 0.1) is 6.61 Å². The zero-order valence-corrected chi connectivity index (χ0v) is 11.4. The van der Waals surface area contributed by atoms with Crippen LogP contribution in [0.25, 0.3) is 0 Å². The summed E-state index contributed by atoms with van der Waals surface area (Å²) in [6.07, 6.45) is 0.0922. The molecule has 0 N–H and O–H groups in total. The molecule has 1 unspecified atom stereocenters. The summed E-state index contributed by atoms with van der Waals surface area (Å²) in [5.74, 6) is -1.75. The maximum atomic E-state index is 12.5. The molecule has 0 aromatic heterocycles. The predicted molar refractivity (Wildman–Crippen MR) is 70.8 cm³/mol. The molecule has 0 heterocycles. The lowest BCUT2D eigenvalue weighted by atomic mass is 9.75. The van der Waals surface area contributed by atoms with Crippen molar-refractivity contribution in [3.05, 3.63) is 35.9 Å². The van der Waals surface area contributed by atoms with Crippen LogP contribution in [0.4, 0.5) is 0 Å². The first kappa shape index (κ1) is 15.1. The van der Waals surface area contributed by atoms with Crippen LogP contribution in [0, 0.1) is 5.41 Å². The highest BCUT2D eigenvalue weighted by Crippen LogP contribution is 2.30. The third-order valence-electron chi connectivity index (χ3n) is 3.18. The Hall–Kier alpha value is -1.97. The van der Waals surface area contributed by atoms with E-state index in [0.717, 1.165) is 0 Å². The van der Waals surface area contributed by atoms with Crippen molar-refractivity contribution in [2.24, 2.45) is 5.41 Å². The summed E-state index contributed by atoms with van der Waals surface area (Å²) in [4.78, 5) is 36.5. The molecule has 0 bridgehead atoms. The average Bonchev–Trinajstić information content (AvgIpc) is 2.41. The van der Waals surface area contributed by atoms with Gasteiger partial charge in [-0.25, -0.2) is 0 Å². The first-order chi connectivity index (χ1) is 9.00. The van der Waals surface area contributed by atoms with Crippen LogP contribution >= 0.6 is 0 Å². The number of ether oxygens (including phenoxy) is 1. The van der Waals surface area contributed by atoms with Gasteiger partial charge in [-0.1, -0.05) is 37.3 Å². The van der Waals surface area contributed by atoms with Crippen molar-refractivity contribution in [2.75, 3.05) is 6.61 Å². The fraction of sp³-hybridized carbons (Fsp3) is 0.400. The van der Waals surface area contributed by atoms with Gasteiger partial charge >= 0.3 is 5.97 Å². The van der Waals surface area contributed by atoms with Crippen LogP contribution in [0.1, 0.15) is 37.6 Å². The van der Waals surface area contributed by atoms with Gasteiger partial charge in [0.25, 0.3) is 0 Å². The van der Waals surface area contributed by atoms with Crippen molar-refractivity contribution in [1.29, 1.82) is 0 Å². The largest absolute Gasteiger partial charge is 0.465 e. The lowest BCUT2D eigenvalue weighted by Crippen LogP contribution is -2.46. The molecule has 1 aromatic rings. The van der Waals surface area contributed by atoms with E-state index in [1.165, 1.54) is 6.92 Å². The van der Waals surface area contributed by atoms with Crippen molar-refractivity contribution < 1.29 is 19.1 Å². The molecule has 0 amide bonds. The van der Waals surface area contributed by atoms with E-state index in [9.17, 15) is 14.4 Å². The van der Waals surface area contributed by atoms with E-state index < -0.39 is 23.0 Å². The molecule has 4 nitrogen and oxygen atoms in total. The minimum Gasteiger partial charge on any atom is -0.465 e. The predicted octanol–water partition coefficient (Wildman–Crippen LogP) is 2.42. The second kappa shape index (κ2) is 6.27. The highest BCUT2D eigenvalue weighted by molar-refractivity contribution is 6.26. The first-order valence-electron chi connectivity index (χ1n) is 6.28. The van der Waals surface area contributed by atoms with E-state index in [4.69, 9.17) is 4.74 Å². The maximum Gasteiger partial charge on any atom is 0.327 e. The summed E-state index contributed by atoms with van der Waals surface area (Å²) in [5, 5.41) is 0. The van der Waals surface area contributed by atoms with Gasteiger partial charge in [0.15, 0.2) is 17.0 Å². The van der Waals surface area contributed by atoms with Crippen LogP contribution in [0.3, 0.4) is 0 Å². The van der Waals surface area contributed by atoms with Gasteiger partial charge in [0.2, 0.25) is 0 Å². The van der Waals surface area contributed by atoms with Crippen LogP contribution in [0.5, 0.6) is 0 Å². The van der Waals surface area contributed by atoms with E-state index >= 15 is 0 Å². The number of ketones is 2. The lowest BCUT2D eigenvalue weighted by molar-refractivity contribution is -0.156. The third-order valence-corrected chi connectivity index (χ3v) is 3.18. The molecule has 19 heavy (non-hydrogen) atoms. The fourth-order valence-corrected chi connectivity index (χ4v) is 2.04. The Morgan fingerprint density at radius 1 is 1.11 bits per heavy atom. The first-order valence-corrected chi connectivity index (χ1v) is 6.28. The number of hydrogen-bond donors (Lipinski definition) is 0. The van der Waals surface area contributed by atoms with Crippen molar-refractivity contribution in [3.63, 3.8) is 0 Å². The summed E-state index contributed by atoms with van der Waals surface area (Å²) in [6.45, 7) is 4.67. The number of esters is 1. The van der Waals surface area contributed by atoms with Crippen LogP contribution in [0.2, 0.25) is 0 Å². The number of rotatable bonds is 6. The molecular weight excluding hydrogens is 244 g/mol. The normalized spacial score (nSPS) is 13.4. The van der Waals surface area contributed by atoms with Gasteiger partial charge in [0.1, 0.15) is 0 Å². The summed E-state index contributed by atoms with van der Waals surface area (Å²) in [7, 11) is 0. The third kappa shape index (κ3) is 2.72. The molecule has 1 aromatic carbocycles. The summed E-state index contributed by atoms with van der Waals surface area (Å²) in [6, 6.07) is 8.34. The molecule has 0 aliphatic heterocycles. The molecule has 0 saturated heterocycles. The molecule has 1 atom stereocenters. The molecule has 0 saturated carbocycles. The molecule has 4 heteroatoms. The van der Waals surface area contributed by atoms with Crippen LogP contribution in [-0.4, -0.2) is 24.1 Å². The van der Waals surface area contributed by atoms with Gasteiger partial charge in [-0.15, -0.1) is 0 Å². The highest BCUT2D eigenvalue weighted by Gasteiger charge is 2.50. The van der Waals surface area contributed by atoms with Crippen LogP contribution in [-0.2, 0) is 14.3 Å². The molecule has 102 valence electrons. The highest BCUT2D eigenvalue weighted by atomic mass is 16.5. The van der Waals surface area contributed by atoms with Crippen molar-refractivity contribution in [3.8, 4) is 0 Å². The SMILES string of the molecule is CCOC(=O)C(CC)(C(C)=O)C(=O)c1ccccc1. The van der Waals surface area contributed by atoms with Gasteiger partial charge < -0.3 is 4.74 Å². The zero-order chi connectivity index (χ0) is 14.5. The van der Waals surface area contributed by atoms with E-state index in [1.54, 1.807) is 44.2 Å². The topological polar surface area (TPSA) is 60.4 Å². The summed E-state index contributed by atoms with van der Waals surface area (Å²) in [5.41, 5.74) is -1.38. The fourth-order valence-electron chi connectivity index (χ4n) is 2.04. The quantitative estimate of drug-likeness (QED) is 0.449. The van der Waals surface area contributed by atoms with Gasteiger partial charge in [-0.3, -0.25) is 14.4 Å². The molecular formula is C15H18O4. The van der Waals surface area contributed by atoms with Crippen LogP contribution in [0.15, 0.2) is 30.3 Å². The summed E-state index contributed by atoms with van der Waals surface area (Å²) < 4.78 is 4.92. The Balaban J connectivity index is 3.28. The number of Topliss-reactive ketones (excluding diaryl/α,β-unsaturated/α-hetero) is 2. The van der Waals surface area contributed by atoms with E-state index in [-0.39, 0.29) is 13.0 Å². The van der Waals surface area contributed by atoms with Gasteiger partial charge in [-0.2, -0.15) is 0 Å². The monoisotopic (exact) mass is 262 g/mol. The Kier molecular flexibility index (Phi) is 4.98. The Morgan fingerprint density at radius 2 is 1.68 bits per heavy atom. The van der Waals surface area contributed by atoms with E-state index in [0.29, 0.717) is 5.56 Å². The van der Waals surface area contributed by atoms with Crippen molar-refractivity contribution in [1.82, 2.24) is 0 Å².